The largest absolute Gasteiger partial charge is 0.385 e. The summed E-state index contributed by atoms with van der Waals surface area (Å²) in [6.45, 7) is 1.03. The summed E-state index contributed by atoms with van der Waals surface area (Å²) in [6.07, 6.45) is 1.80. The van der Waals surface area contributed by atoms with Gasteiger partial charge in [-0.15, -0.1) is 0 Å². The molecule has 0 aliphatic heterocycles. The van der Waals surface area contributed by atoms with E-state index in [1.165, 1.54) is 0 Å². The number of benzene rings is 1. The van der Waals surface area contributed by atoms with Gasteiger partial charge in [0.2, 0.25) is 15.9 Å². The smallest absolute Gasteiger partial charge is 0.235 e. The lowest BCUT2D eigenvalue weighted by atomic mass is 10.2. The maximum Gasteiger partial charge on any atom is 0.235 e. The van der Waals surface area contributed by atoms with Crippen molar-refractivity contribution in [2.24, 2.45) is 0 Å². The summed E-state index contributed by atoms with van der Waals surface area (Å²) >= 11 is 0. The van der Waals surface area contributed by atoms with Crippen molar-refractivity contribution < 1.29 is 17.9 Å². The van der Waals surface area contributed by atoms with Crippen LogP contribution in [0.15, 0.2) is 30.3 Å². The third-order valence-corrected chi connectivity index (χ3v) is 4.03. The van der Waals surface area contributed by atoms with E-state index < -0.39 is 10.0 Å². The molecule has 0 saturated carbocycles. The lowest BCUT2D eigenvalue weighted by Crippen LogP contribution is -2.40. The molecule has 1 amide bonds. The number of carbonyl (C=O) groups excluding carboxylic acids is 1. The molecule has 0 radical (unpaired) electrons. The lowest BCUT2D eigenvalue weighted by molar-refractivity contribution is -0.121. The van der Waals surface area contributed by atoms with Crippen LogP contribution in [0.3, 0.4) is 0 Å². The van der Waals surface area contributed by atoms with Crippen molar-refractivity contribution in [2.45, 2.75) is 13.0 Å². The highest BCUT2D eigenvalue weighted by molar-refractivity contribution is 7.88. The molecule has 1 aromatic rings. The maximum absolute atomic E-state index is 11.8. The molecule has 0 saturated heterocycles. The van der Waals surface area contributed by atoms with E-state index >= 15 is 0 Å². The van der Waals surface area contributed by atoms with Crippen LogP contribution in [0.25, 0.3) is 0 Å². The summed E-state index contributed by atoms with van der Waals surface area (Å²) in [7, 11) is -1.86. The lowest BCUT2D eigenvalue weighted by Gasteiger charge is -2.19. The summed E-state index contributed by atoms with van der Waals surface area (Å²) in [5.41, 5.74) is 0.843. The highest BCUT2D eigenvalue weighted by Crippen LogP contribution is 2.07. The van der Waals surface area contributed by atoms with Gasteiger partial charge in [0.05, 0.1) is 12.8 Å². The van der Waals surface area contributed by atoms with E-state index in [0.29, 0.717) is 19.6 Å². The van der Waals surface area contributed by atoms with Crippen LogP contribution in [0.5, 0.6) is 0 Å². The van der Waals surface area contributed by atoms with Gasteiger partial charge in [-0.1, -0.05) is 30.3 Å². The fourth-order valence-electron chi connectivity index (χ4n) is 1.74. The van der Waals surface area contributed by atoms with Gasteiger partial charge in [-0.05, 0) is 12.0 Å². The first-order chi connectivity index (χ1) is 9.93. The molecular formula is C14H22N2O4S. The average Bonchev–Trinajstić information content (AvgIpc) is 2.43. The van der Waals surface area contributed by atoms with E-state index in [-0.39, 0.29) is 19.0 Å². The minimum absolute atomic E-state index is 0.180. The summed E-state index contributed by atoms with van der Waals surface area (Å²) < 4.78 is 29.6. The molecule has 0 bridgehead atoms. The second-order valence-electron chi connectivity index (χ2n) is 4.71. The number of nitrogens with one attached hydrogen (secondary N) is 1. The number of ether oxygens (including phenoxy) is 1. The summed E-state index contributed by atoms with van der Waals surface area (Å²) in [4.78, 5) is 11.8. The Morgan fingerprint density at radius 1 is 1.29 bits per heavy atom. The van der Waals surface area contributed by atoms with E-state index in [1.807, 2.05) is 30.3 Å². The third kappa shape index (κ3) is 7.22. The normalized spacial score (nSPS) is 11.6. The maximum atomic E-state index is 11.8. The Hall–Kier alpha value is -1.44. The van der Waals surface area contributed by atoms with Gasteiger partial charge in [-0.3, -0.25) is 4.79 Å². The minimum atomic E-state index is -3.45. The van der Waals surface area contributed by atoms with Crippen molar-refractivity contribution in [3.63, 3.8) is 0 Å². The first-order valence-electron chi connectivity index (χ1n) is 6.68. The molecule has 7 heteroatoms. The quantitative estimate of drug-likeness (QED) is 0.677. The topological polar surface area (TPSA) is 75.7 Å². The van der Waals surface area contributed by atoms with Crippen LogP contribution in [-0.4, -0.2) is 51.7 Å². The number of carbonyl (C=O) groups is 1. The Labute approximate surface area is 126 Å². The molecular weight excluding hydrogens is 292 g/mol. The van der Waals surface area contributed by atoms with Gasteiger partial charge < -0.3 is 10.1 Å². The molecule has 118 valence electrons. The van der Waals surface area contributed by atoms with Crippen LogP contribution >= 0.6 is 0 Å². The molecule has 1 N–H and O–H groups in total. The van der Waals surface area contributed by atoms with Crippen molar-refractivity contribution in [3.05, 3.63) is 35.9 Å². The number of rotatable bonds is 9. The molecule has 0 aliphatic carbocycles. The zero-order valence-corrected chi connectivity index (χ0v) is 13.2. The predicted molar refractivity (Wildman–Crippen MR) is 81.2 cm³/mol. The molecule has 0 unspecified atom stereocenters. The minimum Gasteiger partial charge on any atom is -0.385 e. The van der Waals surface area contributed by atoms with Gasteiger partial charge in [0.1, 0.15) is 0 Å². The molecule has 0 atom stereocenters. The average molecular weight is 314 g/mol. The van der Waals surface area contributed by atoms with Crippen molar-refractivity contribution >= 4 is 15.9 Å². The van der Waals surface area contributed by atoms with Gasteiger partial charge in [-0.2, -0.15) is 4.31 Å². The number of hydrogen-bond acceptors (Lipinski definition) is 4. The summed E-state index contributed by atoms with van der Waals surface area (Å²) in [6, 6.07) is 9.18. The first kappa shape index (κ1) is 17.6. The van der Waals surface area contributed by atoms with E-state index in [9.17, 15) is 13.2 Å². The van der Waals surface area contributed by atoms with Crippen LogP contribution in [-0.2, 0) is 26.1 Å². The second-order valence-corrected chi connectivity index (χ2v) is 6.70. The summed E-state index contributed by atoms with van der Waals surface area (Å²) in [5, 5.41) is 2.68. The second kappa shape index (κ2) is 8.76. The third-order valence-electron chi connectivity index (χ3n) is 2.84. The Balaban J connectivity index is 2.57. The standard InChI is InChI=1S/C14H22N2O4S/c1-20-10-6-9-15-14(17)12-16(21(2,18)19)11-13-7-4-3-5-8-13/h3-5,7-8H,6,9-12H2,1-2H3,(H,15,17). The van der Waals surface area contributed by atoms with Gasteiger partial charge >= 0.3 is 0 Å². The van der Waals surface area contributed by atoms with Gasteiger partial charge in [0.25, 0.3) is 0 Å². The Bertz CT molecular complexity index is 531. The van der Waals surface area contributed by atoms with Crippen LogP contribution in [0.1, 0.15) is 12.0 Å². The van der Waals surface area contributed by atoms with Crippen LogP contribution in [0, 0.1) is 0 Å². The fraction of sp³-hybridized carbons (Fsp3) is 0.500. The summed E-state index contributed by atoms with van der Waals surface area (Å²) in [5.74, 6) is -0.313. The molecule has 6 nitrogen and oxygen atoms in total. The number of methoxy groups -OCH3 is 1. The Kier molecular flexibility index (Phi) is 7.35. The monoisotopic (exact) mass is 314 g/mol. The Morgan fingerprint density at radius 2 is 1.95 bits per heavy atom. The number of nitrogens with zero attached hydrogens (tertiary/aromatic N) is 1. The van der Waals surface area contributed by atoms with E-state index in [4.69, 9.17) is 4.74 Å². The van der Waals surface area contributed by atoms with E-state index in [2.05, 4.69) is 5.32 Å². The van der Waals surface area contributed by atoms with Crippen molar-refractivity contribution in [2.75, 3.05) is 33.1 Å². The Morgan fingerprint density at radius 3 is 2.52 bits per heavy atom. The molecule has 0 spiro atoms. The fourth-order valence-corrected chi connectivity index (χ4v) is 2.47. The SMILES string of the molecule is COCCCNC(=O)CN(Cc1ccccc1)S(C)(=O)=O. The van der Waals surface area contributed by atoms with Gasteiger partial charge in [0.15, 0.2) is 0 Å². The molecule has 0 aliphatic rings. The molecule has 0 heterocycles. The highest BCUT2D eigenvalue weighted by atomic mass is 32.2. The van der Waals surface area contributed by atoms with Gasteiger partial charge in [0, 0.05) is 26.8 Å². The molecule has 0 fully saturated rings. The highest BCUT2D eigenvalue weighted by Gasteiger charge is 2.20. The molecule has 0 aromatic heterocycles. The number of hydrogen-bond donors (Lipinski definition) is 1. The first-order valence-corrected chi connectivity index (χ1v) is 8.53. The van der Waals surface area contributed by atoms with Crippen LogP contribution < -0.4 is 5.32 Å². The predicted octanol–water partition coefficient (Wildman–Crippen LogP) is 0.601. The van der Waals surface area contributed by atoms with Crippen LogP contribution in [0.2, 0.25) is 0 Å². The van der Waals surface area contributed by atoms with Crippen molar-refractivity contribution in [3.8, 4) is 0 Å². The zero-order valence-electron chi connectivity index (χ0n) is 12.4. The zero-order chi connectivity index (χ0) is 15.7. The van der Waals surface area contributed by atoms with E-state index in [1.54, 1.807) is 7.11 Å². The molecule has 1 rings (SSSR count). The van der Waals surface area contributed by atoms with Crippen LogP contribution in [0.4, 0.5) is 0 Å². The van der Waals surface area contributed by atoms with Crippen molar-refractivity contribution in [1.82, 2.24) is 9.62 Å². The molecule has 1 aromatic carbocycles. The van der Waals surface area contributed by atoms with Crippen molar-refractivity contribution in [1.29, 1.82) is 0 Å². The number of amides is 1. The number of sulfonamides is 1. The van der Waals surface area contributed by atoms with E-state index in [0.717, 1.165) is 16.1 Å². The van der Waals surface area contributed by atoms with Gasteiger partial charge in [-0.25, -0.2) is 8.42 Å². The molecule has 21 heavy (non-hydrogen) atoms.